The van der Waals surface area contributed by atoms with Gasteiger partial charge in [-0.15, -0.1) is 11.3 Å². The first-order valence-corrected chi connectivity index (χ1v) is 4.68. The molecule has 1 aliphatic rings. The Morgan fingerprint density at radius 1 is 1.69 bits per heavy atom. The molecule has 0 bridgehead atoms. The quantitative estimate of drug-likeness (QED) is 0.780. The summed E-state index contributed by atoms with van der Waals surface area (Å²) in [6.07, 6.45) is -1.33. The van der Waals surface area contributed by atoms with E-state index >= 15 is 0 Å². The first-order valence-electron chi connectivity index (χ1n) is 3.80. The van der Waals surface area contributed by atoms with Crippen molar-refractivity contribution in [2.45, 2.75) is 12.4 Å². The van der Waals surface area contributed by atoms with Crippen molar-refractivity contribution >= 4 is 17.3 Å². The van der Waals surface area contributed by atoms with Crippen molar-refractivity contribution < 1.29 is 19.4 Å². The Bertz CT molecular complexity index is 295. The van der Waals surface area contributed by atoms with Crippen LogP contribution in [0.25, 0.3) is 0 Å². The zero-order valence-corrected chi connectivity index (χ0v) is 7.49. The molecule has 1 aliphatic heterocycles. The second-order valence-electron chi connectivity index (χ2n) is 2.64. The van der Waals surface area contributed by atoms with Crippen LogP contribution in [0.1, 0.15) is 11.2 Å². The lowest BCUT2D eigenvalue weighted by atomic mass is 10.4. The van der Waals surface area contributed by atoms with E-state index in [1.54, 1.807) is 0 Å². The molecule has 13 heavy (non-hydrogen) atoms. The van der Waals surface area contributed by atoms with Crippen molar-refractivity contribution in [1.29, 1.82) is 0 Å². The van der Waals surface area contributed by atoms with Crippen LogP contribution in [0, 0.1) is 0 Å². The third-order valence-corrected chi connectivity index (χ3v) is 2.63. The molecule has 0 aliphatic carbocycles. The van der Waals surface area contributed by atoms with Crippen molar-refractivity contribution in [2.75, 3.05) is 6.61 Å². The van der Waals surface area contributed by atoms with E-state index in [-0.39, 0.29) is 6.61 Å². The Kier molecular flexibility index (Phi) is 2.30. The Hall–Kier alpha value is -0.910. The van der Waals surface area contributed by atoms with Gasteiger partial charge in [0.15, 0.2) is 12.4 Å². The monoisotopic (exact) mass is 200 g/mol. The van der Waals surface area contributed by atoms with E-state index in [4.69, 9.17) is 14.6 Å². The number of rotatable bonds is 2. The summed E-state index contributed by atoms with van der Waals surface area (Å²) < 4.78 is 10.3. The Labute approximate surface area is 78.7 Å². The van der Waals surface area contributed by atoms with Gasteiger partial charge in [0.25, 0.3) is 0 Å². The van der Waals surface area contributed by atoms with Crippen LogP contribution in [0.3, 0.4) is 0 Å². The van der Waals surface area contributed by atoms with Crippen molar-refractivity contribution in [3.05, 3.63) is 22.4 Å². The number of carbonyl (C=O) groups is 1. The Morgan fingerprint density at radius 3 is 3.08 bits per heavy atom. The van der Waals surface area contributed by atoms with Crippen LogP contribution < -0.4 is 0 Å². The molecule has 4 nitrogen and oxygen atoms in total. The highest BCUT2D eigenvalue weighted by atomic mass is 32.1. The number of carboxylic acid groups (broad SMARTS) is 1. The molecule has 1 aromatic rings. The minimum Gasteiger partial charge on any atom is -0.479 e. The topological polar surface area (TPSA) is 55.8 Å². The van der Waals surface area contributed by atoms with Gasteiger partial charge in [-0.25, -0.2) is 4.79 Å². The molecule has 0 saturated carbocycles. The van der Waals surface area contributed by atoms with Crippen LogP contribution in [-0.4, -0.2) is 23.8 Å². The van der Waals surface area contributed by atoms with E-state index in [1.807, 2.05) is 17.5 Å². The van der Waals surface area contributed by atoms with E-state index in [2.05, 4.69) is 0 Å². The summed E-state index contributed by atoms with van der Waals surface area (Å²) in [5, 5.41) is 10.5. The fourth-order valence-corrected chi connectivity index (χ4v) is 1.81. The molecule has 0 spiro atoms. The summed E-state index contributed by atoms with van der Waals surface area (Å²) >= 11 is 1.49. The van der Waals surface area contributed by atoms with E-state index in [9.17, 15) is 4.79 Å². The number of hydrogen-bond acceptors (Lipinski definition) is 4. The number of hydrogen-bond donors (Lipinski definition) is 1. The summed E-state index contributed by atoms with van der Waals surface area (Å²) in [6, 6.07) is 3.74. The molecule has 2 heterocycles. The molecular weight excluding hydrogens is 192 g/mol. The fraction of sp³-hybridized carbons (Fsp3) is 0.375. The van der Waals surface area contributed by atoms with E-state index in [0.717, 1.165) is 4.88 Å². The molecule has 1 N–H and O–H groups in total. The molecule has 2 atom stereocenters. The molecule has 0 radical (unpaired) electrons. The fourth-order valence-electron chi connectivity index (χ4n) is 1.11. The second-order valence-corrected chi connectivity index (χ2v) is 3.62. The van der Waals surface area contributed by atoms with Gasteiger partial charge in [-0.1, -0.05) is 6.07 Å². The van der Waals surface area contributed by atoms with Gasteiger partial charge < -0.3 is 14.6 Å². The average molecular weight is 200 g/mol. The standard InChI is InChI=1S/C8H8O4S/c9-7(10)5-4-11-8(12-5)6-2-1-3-13-6/h1-3,5,8H,4H2,(H,9,10). The summed E-state index contributed by atoms with van der Waals surface area (Å²) in [5.41, 5.74) is 0. The third kappa shape index (κ3) is 1.72. The van der Waals surface area contributed by atoms with Crippen molar-refractivity contribution in [2.24, 2.45) is 0 Å². The minimum absolute atomic E-state index is 0.123. The molecule has 0 aromatic carbocycles. The predicted molar refractivity (Wildman–Crippen MR) is 45.5 cm³/mol. The minimum atomic E-state index is -0.973. The van der Waals surface area contributed by atoms with Crippen LogP contribution in [0.5, 0.6) is 0 Å². The largest absolute Gasteiger partial charge is 0.479 e. The van der Waals surface area contributed by atoms with Gasteiger partial charge in [-0.2, -0.15) is 0 Å². The van der Waals surface area contributed by atoms with Crippen molar-refractivity contribution in [1.82, 2.24) is 0 Å². The number of ether oxygens (including phenoxy) is 2. The van der Waals surface area contributed by atoms with Crippen molar-refractivity contribution in [3.63, 3.8) is 0 Å². The summed E-state index contributed by atoms with van der Waals surface area (Å²) in [5.74, 6) is -0.973. The molecular formula is C8H8O4S. The van der Waals surface area contributed by atoms with E-state index < -0.39 is 18.4 Å². The predicted octanol–water partition coefficient (Wildman–Crippen LogP) is 1.25. The maximum atomic E-state index is 10.5. The molecule has 1 saturated heterocycles. The van der Waals surface area contributed by atoms with Gasteiger partial charge in [-0.3, -0.25) is 0 Å². The number of thiophene rings is 1. The lowest BCUT2D eigenvalue weighted by Crippen LogP contribution is -2.21. The van der Waals surface area contributed by atoms with Gasteiger partial charge in [-0.05, 0) is 11.4 Å². The molecule has 5 heteroatoms. The van der Waals surface area contributed by atoms with E-state index in [1.165, 1.54) is 11.3 Å². The summed E-state index contributed by atoms with van der Waals surface area (Å²) in [7, 11) is 0. The molecule has 1 aromatic heterocycles. The number of carboxylic acids is 1. The average Bonchev–Trinajstić information content (AvgIpc) is 2.75. The first kappa shape index (κ1) is 8.68. The number of aliphatic carboxylic acids is 1. The van der Waals surface area contributed by atoms with Gasteiger partial charge >= 0.3 is 5.97 Å². The van der Waals surface area contributed by atoms with Crippen molar-refractivity contribution in [3.8, 4) is 0 Å². The Balaban J connectivity index is 2.03. The first-order chi connectivity index (χ1) is 6.27. The lowest BCUT2D eigenvalue weighted by Gasteiger charge is -2.05. The zero-order chi connectivity index (χ0) is 9.26. The van der Waals surface area contributed by atoms with Crippen LogP contribution in [0.15, 0.2) is 17.5 Å². The highest BCUT2D eigenvalue weighted by Gasteiger charge is 2.32. The van der Waals surface area contributed by atoms with Crippen LogP contribution >= 0.6 is 11.3 Å². The van der Waals surface area contributed by atoms with Crippen LogP contribution in [-0.2, 0) is 14.3 Å². The smallest absolute Gasteiger partial charge is 0.335 e. The van der Waals surface area contributed by atoms with Gasteiger partial charge in [0, 0.05) is 0 Å². The third-order valence-electron chi connectivity index (χ3n) is 1.74. The van der Waals surface area contributed by atoms with Gasteiger partial charge in [0.05, 0.1) is 11.5 Å². The maximum absolute atomic E-state index is 10.5. The molecule has 2 unspecified atom stereocenters. The van der Waals surface area contributed by atoms with Gasteiger partial charge in [0.1, 0.15) is 0 Å². The van der Waals surface area contributed by atoms with E-state index in [0.29, 0.717) is 0 Å². The zero-order valence-electron chi connectivity index (χ0n) is 6.67. The molecule has 1 fully saturated rings. The SMILES string of the molecule is O=C(O)C1COC(c2cccs2)O1. The lowest BCUT2D eigenvalue weighted by molar-refractivity contribution is -0.150. The Morgan fingerprint density at radius 2 is 2.54 bits per heavy atom. The highest BCUT2D eigenvalue weighted by molar-refractivity contribution is 7.10. The summed E-state index contributed by atoms with van der Waals surface area (Å²) in [6.45, 7) is 0.123. The van der Waals surface area contributed by atoms with Gasteiger partial charge in [0.2, 0.25) is 0 Å². The second kappa shape index (κ2) is 3.45. The molecule has 70 valence electrons. The van der Waals surface area contributed by atoms with Crippen LogP contribution in [0.4, 0.5) is 0 Å². The molecule has 2 rings (SSSR count). The maximum Gasteiger partial charge on any atom is 0.335 e. The summed E-state index contributed by atoms with van der Waals surface area (Å²) in [4.78, 5) is 11.4. The van der Waals surface area contributed by atoms with Crippen LogP contribution in [0.2, 0.25) is 0 Å². The molecule has 0 amide bonds. The normalized spacial score (nSPS) is 27.7. The highest BCUT2D eigenvalue weighted by Crippen LogP contribution is 2.29.